The Labute approximate surface area is 178 Å². The maximum absolute atomic E-state index is 5.66. The zero-order chi connectivity index (χ0) is 20.1. The highest BCUT2D eigenvalue weighted by Crippen LogP contribution is 2.27. The second kappa shape index (κ2) is 9.96. The number of nitrogens with one attached hydrogen (secondary N) is 1. The Bertz CT molecular complexity index is 781. The van der Waals surface area contributed by atoms with E-state index in [0.717, 1.165) is 48.2 Å². The lowest BCUT2D eigenvalue weighted by molar-refractivity contribution is 0.141. The first kappa shape index (κ1) is 20.7. The summed E-state index contributed by atoms with van der Waals surface area (Å²) >= 11 is 1.61. The van der Waals surface area contributed by atoms with E-state index >= 15 is 0 Å². The van der Waals surface area contributed by atoms with Crippen LogP contribution in [0.15, 0.2) is 27.9 Å². The normalized spacial score (nSPS) is 19.0. The van der Waals surface area contributed by atoms with Crippen LogP contribution >= 0.6 is 11.8 Å². The number of likely N-dealkylation sites (tertiary alicyclic amines) is 1. The minimum absolute atomic E-state index is 0.717. The van der Waals surface area contributed by atoms with Crippen LogP contribution in [0.1, 0.15) is 49.2 Å². The van der Waals surface area contributed by atoms with E-state index in [1.165, 1.54) is 50.8 Å². The van der Waals surface area contributed by atoms with E-state index in [2.05, 4.69) is 20.1 Å². The minimum Gasteiger partial charge on any atom is -0.465 e. The smallest absolute Gasteiger partial charge is 0.189 e. The summed E-state index contributed by atoms with van der Waals surface area (Å²) in [6.45, 7) is 8.17. The molecule has 1 N–H and O–H groups in total. The summed E-state index contributed by atoms with van der Waals surface area (Å²) in [7, 11) is 0. The standard InChI is InChI=1S/C22H33N5OS/c1-17-6-7-20(28-17)16-23-14-18-15-24-22(29-2)25-21(18)27-12-8-19(9-13-27)26-10-4-3-5-11-26/h6-7,15,19,23H,3-5,8-14,16H2,1-2H3. The molecular weight excluding hydrogens is 382 g/mol. The fourth-order valence-electron chi connectivity index (χ4n) is 4.51. The third-order valence-corrected chi connectivity index (χ3v) is 6.65. The number of anilines is 1. The number of furan rings is 1. The van der Waals surface area contributed by atoms with Gasteiger partial charge in [0.15, 0.2) is 5.16 Å². The number of hydrogen-bond donors (Lipinski definition) is 1. The third-order valence-electron chi connectivity index (χ3n) is 6.08. The predicted molar refractivity (Wildman–Crippen MR) is 118 cm³/mol. The molecule has 2 aromatic heterocycles. The lowest BCUT2D eigenvalue weighted by atomic mass is 9.99. The molecule has 0 aromatic carbocycles. The van der Waals surface area contributed by atoms with Crippen LogP contribution in [-0.2, 0) is 13.1 Å². The molecule has 2 aliphatic rings. The Morgan fingerprint density at radius 3 is 2.59 bits per heavy atom. The maximum Gasteiger partial charge on any atom is 0.189 e. The summed E-state index contributed by atoms with van der Waals surface area (Å²) < 4.78 is 5.66. The van der Waals surface area contributed by atoms with E-state index in [1.54, 1.807) is 11.8 Å². The van der Waals surface area contributed by atoms with Crippen LogP contribution < -0.4 is 10.2 Å². The van der Waals surface area contributed by atoms with Crippen molar-refractivity contribution in [1.82, 2.24) is 20.2 Å². The molecular formula is C22H33N5OS. The lowest BCUT2D eigenvalue weighted by Crippen LogP contribution is -2.47. The Morgan fingerprint density at radius 2 is 1.90 bits per heavy atom. The second-order valence-corrected chi connectivity index (χ2v) is 8.91. The van der Waals surface area contributed by atoms with Crippen molar-refractivity contribution in [2.24, 2.45) is 0 Å². The quantitative estimate of drug-likeness (QED) is 0.544. The molecule has 0 spiro atoms. The molecule has 2 aliphatic heterocycles. The van der Waals surface area contributed by atoms with Gasteiger partial charge < -0.3 is 19.5 Å². The molecule has 2 saturated heterocycles. The molecule has 4 rings (SSSR count). The number of aryl methyl sites for hydroxylation is 1. The summed E-state index contributed by atoms with van der Waals surface area (Å²) in [5.74, 6) is 3.02. The SMILES string of the molecule is CSc1ncc(CNCc2ccc(C)o2)c(N2CCC(N3CCCCC3)CC2)n1. The molecule has 2 fully saturated rings. The Kier molecular flexibility index (Phi) is 7.11. The van der Waals surface area contributed by atoms with Crippen molar-refractivity contribution >= 4 is 17.6 Å². The van der Waals surface area contributed by atoms with E-state index in [0.29, 0.717) is 6.54 Å². The molecule has 0 atom stereocenters. The van der Waals surface area contributed by atoms with Crippen LogP contribution in [-0.4, -0.2) is 53.3 Å². The molecule has 158 valence electrons. The van der Waals surface area contributed by atoms with Crippen LogP contribution in [0, 0.1) is 6.92 Å². The molecule has 0 bridgehead atoms. The summed E-state index contributed by atoms with van der Waals surface area (Å²) in [5.41, 5.74) is 1.17. The van der Waals surface area contributed by atoms with E-state index in [4.69, 9.17) is 9.40 Å². The molecule has 0 unspecified atom stereocenters. The van der Waals surface area contributed by atoms with Crippen LogP contribution in [0.4, 0.5) is 5.82 Å². The van der Waals surface area contributed by atoms with Gasteiger partial charge in [-0.25, -0.2) is 9.97 Å². The number of aromatic nitrogens is 2. The zero-order valence-electron chi connectivity index (χ0n) is 17.7. The summed E-state index contributed by atoms with van der Waals surface area (Å²) in [4.78, 5) is 14.6. The van der Waals surface area contributed by atoms with E-state index in [9.17, 15) is 0 Å². The molecule has 2 aromatic rings. The van der Waals surface area contributed by atoms with E-state index in [-0.39, 0.29) is 0 Å². The van der Waals surface area contributed by atoms with Gasteiger partial charge >= 0.3 is 0 Å². The van der Waals surface area contributed by atoms with Gasteiger partial charge in [-0.15, -0.1) is 0 Å². The second-order valence-electron chi connectivity index (χ2n) is 8.14. The zero-order valence-corrected chi connectivity index (χ0v) is 18.5. The summed E-state index contributed by atoms with van der Waals surface area (Å²) in [5, 5.41) is 4.34. The number of hydrogen-bond acceptors (Lipinski definition) is 7. The van der Waals surface area contributed by atoms with E-state index in [1.807, 2.05) is 31.5 Å². The van der Waals surface area contributed by atoms with Gasteiger partial charge in [0.25, 0.3) is 0 Å². The van der Waals surface area contributed by atoms with Gasteiger partial charge in [-0.1, -0.05) is 18.2 Å². The Morgan fingerprint density at radius 1 is 1.10 bits per heavy atom. The molecule has 0 radical (unpaired) electrons. The average molecular weight is 416 g/mol. The third kappa shape index (κ3) is 5.32. The van der Waals surface area contributed by atoms with Crippen LogP contribution in [0.25, 0.3) is 0 Å². The van der Waals surface area contributed by atoms with Crippen LogP contribution in [0.3, 0.4) is 0 Å². The molecule has 0 amide bonds. The fraction of sp³-hybridized carbons (Fsp3) is 0.636. The maximum atomic E-state index is 5.66. The Balaban J connectivity index is 1.39. The first-order valence-corrected chi connectivity index (χ1v) is 12.1. The van der Waals surface area contributed by atoms with Gasteiger partial charge in [0.05, 0.1) is 6.54 Å². The van der Waals surface area contributed by atoms with Crippen molar-refractivity contribution in [3.05, 3.63) is 35.4 Å². The molecule has 29 heavy (non-hydrogen) atoms. The first-order valence-electron chi connectivity index (χ1n) is 10.9. The fourth-order valence-corrected chi connectivity index (χ4v) is 4.84. The van der Waals surface area contributed by atoms with Crippen molar-refractivity contribution in [1.29, 1.82) is 0 Å². The molecule has 6 nitrogen and oxygen atoms in total. The molecule has 7 heteroatoms. The summed E-state index contributed by atoms with van der Waals surface area (Å²) in [6.07, 6.45) is 10.6. The highest BCUT2D eigenvalue weighted by molar-refractivity contribution is 7.98. The van der Waals surface area contributed by atoms with Gasteiger partial charge in [0.1, 0.15) is 17.3 Å². The molecule has 4 heterocycles. The van der Waals surface area contributed by atoms with Crippen molar-refractivity contribution in [2.75, 3.05) is 37.3 Å². The van der Waals surface area contributed by atoms with Crippen molar-refractivity contribution < 1.29 is 4.42 Å². The number of nitrogens with zero attached hydrogens (tertiary/aromatic N) is 4. The molecule has 0 saturated carbocycles. The van der Waals surface area contributed by atoms with Crippen molar-refractivity contribution in [2.45, 2.75) is 63.3 Å². The Hall–Kier alpha value is -1.57. The number of thioether (sulfide) groups is 1. The topological polar surface area (TPSA) is 57.4 Å². The van der Waals surface area contributed by atoms with Gasteiger partial charge in [-0.05, 0) is 64.1 Å². The molecule has 0 aliphatic carbocycles. The largest absolute Gasteiger partial charge is 0.465 e. The highest BCUT2D eigenvalue weighted by Gasteiger charge is 2.27. The average Bonchev–Trinajstić information content (AvgIpc) is 3.19. The van der Waals surface area contributed by atoms with Gasteiger partial charge in [-0.3, -0.25) is 0 Å². The number of rotatable bonds is 7. The predicted octanol–water partition coefficient (Wildman–Crippen LogP) is 3.84. The first-order chi connectivity index (χ1) is 14.2. The van der Waals surface area contributed by atoms with Gasteiger partial charge in [0.2, 0.25) is 0 Å². The van der Waals surface area contributed by atoms with E-state index < -0.39 is 0 Å². The van der Waals surface area contributed by atoms with Crippen LogP contribution in [0.2, 0.25) is 0 Å². The highest BCUT2D eigenvalue weighted by atomic mass is 32.2. The lowest BCUT2D eigenvalue weighted by Gasteiger charge is -2.41. The number of piperidine rings is 2. The van der Waals surface area contributed by atoms with Crippen LogP contribution in [0.5, 0.6) is 0 Å². The minimum atomic E-state index is 0.717. The summed E-state index contributed by atoms with van der Waals surface area (Å²) in [6, 6.07) is 4.78. The van der Waals surface area contributed by atoms with Crippen molar-refractivity contribution in [3.8, 4) is 0 Å². The monoisotopic (exact) mass is 415 g/mol. The van der Waals surface area contributed by atoms with Crippen molar-refractivity contribution in [3.63, 3.8) is 0 Å². The van der Waals surface area contributed by atoms with Gasteiger partial charge in [-0.2, -0.15) is 0 Å². The van der Waals surface area contributed by atoms with Gasteiger partial charge in [0, 0.05) is 37.4 Å².